The molecule has 0 saturated heterocycles. The number of hydrogen-bond acceptors (Lipinski definition) is 4. The lowest BCUT2D eigenvalue weighted by atomic mass is 9.87. The second kappa shape index (κ2) is 9.41. The van der Waals surface area contributed by atoms with Crippen LogP contribution in [0.2, 0.25) is 0 Å². The molecule has 1 aromatic rings. The fourth-order valence-electron chi connectivity index (χ4n) is 3.03. The summed E-state index contributed by atoms with van der Waals surface area (Å²) in [6.07, 6.45) is 1.08. The van der Waals surface area contributed by atoms with Gasteiger partial charge in [-0.05, 0) is 30.9 Å². The lowest BCUT2D eigenvalue weighted by Gasteiger charge is -2.20. The van der Waals surface area contributed by atoms with Crippen LogP contribution in [0.5, 0.6) is 5.75 Å². The van der Waals surface area contributed by atoms with E-state index in [0.29, 0.717) is 12.3 Å². The second-order valence-electron chi connectivity index (χ2n) is 6.48. The van der Waals surface area contributed by atoms with Crippen LogP contribution in [0.1, 0.15) is 38.5 Å². The molecule has 1 saturated carbocycles. The lowest BCUT2D eigenvalue weighted by molar-refractivity contribution is -0.274. The molecular weight excluding hydrogens is 385 g/mol. The van der Waals surface area contributed by atoms with E-state index in [2.05, 4.69) is 14.8 Å². The number of alkyl halides is 3. The summed E-state index contributed by atoms with van der Waals surface area (Å²) < 4.78 is 67.0. The predicted octanol–water partition coefficient (Wildman–Crippen LogP) is 2.95. The Bertz CT molecular complexity index is 732. The molecule has 0 bridgehead atoms. The van der Waals surface area contributed by atoms with Crippen molar-refractivity contribution in [2.24, 2.45) is 5.92 Å². The molecule has 2 N–H and O–H groups in total. The highest BCUT2D eigenvalue weighted by molar-refractivity contribution is 7.89. The van der Waals surface area contributed by atoms with Gasteiger partial charge in [-0.3, -0.25) is 4.79 Å². The van der Waals surface area contributed by atoms with E-state index in [1.807, 2.05) is 0 Å². The van der Waals surface area contributed by atoms with Gasteiger partial charge < -0.3 is 10.1 Å². The van der Waals surface area contributed by atoms with E-state index >= 15 is 0 Å². The maximum absolute atomic E-state index is 12.2. The minimum Gasteiger partial charge on any atom is -0.406 e. The van der Waals surface area contributed by atoms with Gasteiger partial charge in [-0.15, -0.1) is 13.2 Å². The molecule has 10 heteroatoms. The molecule has 0 spiro atoms. The van der Waals surface area contributed by atoms with Gasteiger partial charge >= 0.3 is 6.36 Å². The van der Waals surface area contributed by atoms with Gasteiger partial charge in [0, 0.05) is 25.6 Å². The normalized spacial score (nSPS) is 16.1. The van der Waals surface area contributed by atoms with Crippen LogP contribution in [0.15, 0.2) is 29.2 Å². The van der Waals surface area contributed by atoms with E-state index in [-0.39, 0.29) is 23.9 Å². The first kappa shape index (κ1) is 21.5. The summed E-state index contributed by atoms with van der Waals surface area (Å²) in [5, 5.41) is 2.66. The maximum atomic E-state index is 12.2. The Kier molecular flexibility index (Phi) is 7.49. The second-order valence-corrected chi connectivity index (χ2v) is 8.25. The highest BCUT2D eigenvalue weighted by Crippen LogP contribution is 2.26. The predicted molar refractivity (Wildman–Crippen MR) is 92.5 cm³/mol. The van der Waals surface area contributed by atoms with Crippen LogP contribution >= 0.6 is 0 Å². The summed E-state index contributed by atoms with van der Waals surface area (Å²) >= 11 is 0. The third kappa shape index (κ3) is 7.76. The van der Waals surface area contributed by atoms with Crippen LogP contribution in [0.3, 0.4) is 0 Å². The van der Waals surface area contributed by atoms with Crippen LogP contribution < -0.4 is 14.8 Å². The smallest absolute Gasteiger partial charge is 0.406 e. The number of ether oxygens (including phenoxy) is 1. The van der Waals surface area contributed by atoms with Crippen molar-refractivity contribution in [1.29, 1.82) is 0 Å². The molecule has 0 heterocycles. The first-order valence-corrected chi connectivity index (χ1v) is 10.3. The standard InChI is InChI=1S/C17H23F3N2O4S/c18-17(19,20)26-14-7-4-8-15(12-14)27(24,25)22-10-9-21-16(23)11-13-5-2-1-3-6-13/h4,7-8,12-13,22H,1-3,5-6,9-11H2,(H,21,23). The third-order valence-corrected chi connectivity index (χ3v) is 5.75. The molecule has 0 atom stereocenters. The van der Waals surface area contributed by atoms with E-state index in [4.69, 9.17) is 0 Å². The minimum absolute atomic E-state index is 0.0664. The minimum atomic E-state index is -4.90. The average Bonchev–Trinajstić information content (AvgIpc) is 2.58. The number of rotatable bonds is 8. The number of carbonyl (C=O) groups is 1. The van der Waals surface area contributed by atoms with Gasteiger partial charge in [0.05, 0.1) is 4.90 Å². The first-order chi connectivity index (χ1) is 12.7. The molecule has 1 aromatic carbocycles. The van der Waals surface area contributed by atoms with Gasteiger partial charge in [0.1, 0.15) is 5.75 Å². The first-order valence-electron chi connectivity index (χ1n) is 8.78. The van der Waals surface area contributed by atoms with Gasteiger partial charge in [0.15, 0.2) is 0 Å². The zero-order valence-corrected chi connectivity index (χ0v) is 15.5. The molecule has 1 amide bonds. The number of benzene rings is 1. The van der Waals surface area contributed by atoms with Crippen molar-refractivity contribution in [2.75, 3.05) is 13.1 Å². The molecule has 6 nitrogen and oxygen atoms in total. The average molecular weight is 408 g/mol. The molecule has 27 heavy (non-hydrogen) atoms. The van der Waals surface area contributed by atoms with Gasteiger partial charge in [0.25, 0.3) is 0 Å². The zero-order chi connectivity index (χ0) is 19.9. The maximum Gasteiger partial charge on any atom is 0.573 e. The molecule has 152 valence electrons. The Labute approximate surface area is 156 Å². The summed E-state index contributed by atoms with van der Waals surface area (Å²) in [6, 6.07) is 4.12. The lowest BCUT2D eigenvalue weighted by Crippen LogP contribution is -2.35. The molecule has 2 rings (SSSR count). The summed E-state index contributed by atoms with van der Waals surface area (Å²) in [4.78, 5) is 11.5. The number of hydrogen-bond donors (Lipinski definition) is 2. The summed E-state index contributed by atoms with van der Waals surface area (Å²) in [5.41, 5.74) is 0. The van der Waals surface area contributed by atoms with Crippen LogP contribution in [0.4, 0.5) is 13.2 Å². The van der Waals surface area contributed by atoms with Crippen LogP contribution in [-0.4, -0.2) is 33.8 Å². The Balaban J connectivity index is 1.79. The zero-order valence-electron chi connectivity index (χ0n) is 14.7. The largest absolute Gasteiger partial charge is 0.573 e. The number of amides is 1. The number of sulfonamides is 1. The van der Waals surface area contributed by atoms with Crippen LogP contribution in [-0.2, 0) is 14.8 Å². The van der Waals surface area contributed by atoms with E-state index in [1.54, 1.807) is 0 Å². The third-order valence-electron chi connectivity index (χ3n) is 4.29. The van der Waals surface area contributed by atoms with Crippen molar-refractivity contribution in [2.45, 2.75) is 49.8 Å². The Morgan fingerprint density at radius 3 is 2.52 bits per heavy atom. The molecule has 1 aliphatic carbocycles. The van der Waals surface area contributed by atoms with Crippen molar-refractivity contribution < 1.29 is 31.1 Å². The van der Waals surface area contributed by atoms with Gasteiger partial charge in [-0.25, -0.2) is 13.1 Å². The van der Waals surface area contributed by atoms with Crippen molar-refractivity contribution in [3.63, 3.8) is 0 Å². The number of nitrogens with one attached hydrogen (secondary N) is 2. The Hall–Kier alpha value is -1.81. The molecule has 1 fully saturated rings. The topological polar surface area (TPSA) is 84.5 Å². The quantitative estimate of drug-likeness (QED) is 0.648. The Morgan fingerprint density at radius 2 is 1.85 bits per heavy atom. The fourth-order valence-corrected chi connectivity index (χ4v) is 4.10. The van der Waals surface area contributed by atoms with E-state index < -0.39 is 22.1 Å². The molecule has 0 radical (unpaired) electrons. The molecule has 0 aromatic heterocycles. The van der Waals surface area contributed by atoms with Gasteiger partial charge in [-0.2, -0.15) is 0 Å². The monoisotopic (exact) mass is 408 g/mol. The van der Waals surface area contributed by atoms with Crippen LogP contribution in [0.25, 0.3) is 0 Å². The molecular formula is C17H23F3N2O4S. The van der Waals surface area contributed by atoms with E-state index in [9.17, 15) is 26.4 Å². The molecule has 0 aliphatic heterocycles. The van der Waals surface area contributed by atoms with E-state index in [0.717, 1.165) is 49.9 Å². The summed E-state index contributed by atoms with van der Waals surface area (Å²) in [5.74, 6) is -0.361. The van der Waals surface area contributed by atoms with Crippen molar-refractivity contribution in [1.82, 2.24) is 10.0 Å². The number of halogens is 3. The van der Waals surface area contributed by atoms with Crippen LogP contribution in [0, 0.1) is 5.92 Å². The highest BCUT2D eigenvalue weighted by atomic mass is 32.2. The van der Waals surface area contributed by atoms with Crippen molar-refractivity contribution in [3.05, 3.63) is 24.3 Å². The van der Waals surface area contributed by atoms with Gasteiger partial charge in [-0.1, -0.05) is 25.3 Å². The van der Waals surface area contributed by atoms with Gasteiger partial charge in [0.2, 0.25) is 15.9 Å². The SMILES string of the molecule is O=C(CC1CCCCC1)NCCNS(=O)(=O)c1cccc(OC(F)(F)F)c1. The summed E-state index contributed by atoms with van der Waals surface area (Å²) in [6.45, 7) is 0.0343. The molecule has 1 aliphatic rings. The summed E-state index contributed by atoms with van der Waals surface area (Å²) in [7, 11) is -4.01. The molecule has 0 unspecified atom stereocenters. The fraction of sp³-hybridized carbons (Fsp3) is 0.588. The Morgan fingerprint density at radius 1 is 1.15 bits per heavy atom. The van der Waals surface area contributed by atoms with Crippen molar-refractivity contribution in [3.8, 4) is 5.75 Å². The number of carbonyl (C=O) groups excluding carboxylic acids is 1. The van der Waals surface area contributed by atoms with Crippen molar-refractivity contribution >= 4 is 15.9 Å². The highest BCUT2D eigenvalue weighted by Gasteiger charge is 2.31. The van der Waals surface area contributed by atoms with E-state index in [1.165, 1.54) is 6.42 Å².